The number of carbonyl (C=O) groups excluding carboxylic acids is 2. The van der Waals surface area contributed by atoms with Crippen LogP contribution in [0.15, 0.2) is 18.2 Å². The van der Waals surface area contributed by atoms with Crippen LogP contribution in [0.2, 0.25) is 0 Å². The lowest BCUT2D eigenvalue weighted by Gasteiger charge is -2.13. The van der Waals surface area contributed by atoms with Crippen molar-refractivity contribution in [2.45, 2.75) is 45.6 Å². The van der Waals surface area contributed by atoms with Gasteiger partial charge in [-0.05, 0) is 43.5 Å². The van der Waals surface area contributed by atoms with E-state index in [1.165, 1.54) is 5.56 Å². The molecule has 0 spiro atoms. The zero-order valence-corrected chi connectivity index (χ0v) is 14.6. The molecule has 1 aromatic carbocycles. The third-order valence-electron chi connectivity index (χ3n) is 3.82. The van der Waals surface area contributed by atoms with E-state index in [-0.39, 0.29) is 24.2 Å². The number of anilines is 1. The van der Waals surface area contributed by atoms with E-state index in [1.807, 2.05) is 12.1 Å². The van der Waals surface area contributed by atoms with Crippen LogP contribution in [0.5, 0.6) is 0 Å². The first kappa shape index (κ1) is 19.5. The molecule has 1 atom stereocenters. The van der Waals surface area contributed by atoms with Crippen LogP contribution in [0.1, 0.15) is 37.8 Å². The van der Waals surface area contributed by atoms with E-state index in [2.05, 4.69) is 35.9 Å². The Bertz CT molecular complexity index is 549. The highest BCUT2D eigenvalue weighted by Crippen LogP contribution is 2.24. The predicted octanol–water partition coefficient (Wildman–Crippen LogP) is 2.04. The van der Waals surface area contributed by atoms with E-state index in [0.29, 0.717) is 25.4 Å². The number of hydrogen-bond donors (Lipinski definition) is 3. The monoisotopic (exact) mass is 339 g/mol. The summed E-state index contributed by atoms with van der Waals surface area (Å²) in [7, 11) is 0. The number of rotatable bonds is 8. The van der Waals surface area contributed by atoms with Crippen molar-refractivity contribution in [3.05, 3.63) is 29.3 Å². The lowest BCUT2D eigenvalue weighted by atomic mass is 10.0. The number of halogens is 1. The number of likely N-dealkylation sites (N-methyl/N-ethyl adjacent to an activating group) is 1. The molecule has 1 aliphatic heterocycles. The molecule has 3 N–H and O–H groups in total. The van der Waals surface area contributed by atoms with E-state index in [9.17, 15) is 9.59 Å². The molecule has 23 heavy (non-hydrogen) atoms. The predicted molar refractivity (Wildman–Crippen MR) is 95.1 cm³/mol. The number of amides is 2. The van der Waals surface area contributed by atoms with E-state index in [1.54, 1.807) is 0 Å². The SMILES string of the molecule is CCN[C@H](C)CNC(=O)CCCc1ccc2c(c1)CC(=O)N2.Cl. The Morgan fingerprint density at radius 1 is 1.39 bits per heavy atom. The second-order valence-corrected chi connectivity index (χ2v) is 5.83. The normalized spacial score (nSPS) is 13.7. The van der Waals surface area contributed by atoms with Gasteiger partial charge < -0.3 is 16.0 Å². The highest BCUT2D eigenvalue weighted by Gasteiger charge is 2.17. The molecule has 1 aliphatic rings. The van der Waals surface area contributed by atoms with Crippen molar-refractivity contribution in [3.63, 3.8) is 0 Å². The molecule has 0 radical (unpaired) electrons. The van der Waals surface area contributed by atoms with E-state index < -0.39 is 0 Å². The number of carbonyl (C=O) groups is 2. The zero-order chi connectivity index (χ0) is 15.9. The summed E-state index contributed by atoms with van der Waals surface area (Å²) in [4.78, 5) is 23.1. The van der Waals surface area contributed by atoms with Crippen LogP contribution in [0.25, 0.3) is 0 Å². The minimum atomic E-state index is 0. The van der Waals surface area contributed by atoms with Crippen LogP contribution in [-0.2, 0) is 22.4 Å². The van der Waals surface area contributed by atoms with Crippen LogP contribution >= 0.6 is 12.4 Å². The average molecular weight is 340 g/mol. The number of nitrogens with one attached hydrogen (secondary N) is 3. The van der Waals surface area contributed by atoms with Gasteiger partial charge >= 0.3 is 0 Å². The van der Waals surface area contributed by atoms with Crippen LogP contribution in [0.3, 0.4) is 0 Å². The van der Waals surface area contributed by atoms with Crippen molar-refractivity contribution in [1.29, 1.82) is 0 Å². The summed E-state index contributed by atoms with van der Waals surface area (Å²) in [6.07, 6.45) is 2.68. The van der Waals surface area contributed by atoms with Gasteiger partial charge in [0.25, 0.3) is 0 Å². The quantitative estimate of drug-likeness (QED) is 0.678. The zero-order valence-electron chi connectivity index (χ0n) is 13.8. The Labute approximate surface area is 144 Å². The summed E-state index contributed by atoms with van der Waals surface area (Å²) in [5.74, 6) is 0.157. The topological polar surface area (TPSA) is 70.2 Å². The highest BCUT2D eigenvalue weighted by atomic mass is 35.5. The third-order valence-corrected chi connectivity index (χ3v) is 3.82. The first-order valence-corrected chi connectivity index (χ1v) is 8.00. The average Bonchev–Trinajstić information content (AvgIpc) is 2.85. The standard InChI is InChI=1S/C17H25N3O2.ClH/c1-3-18-12(2)11-19-16(21)6-4-5-13-7-8-15-14(9-13)10-17(22)20-15;/h7-9,12,18H,3-6,10-11H2,1-2H3,(H,19,21)(H,20,22);1H/t12-;/m1./s1. The van der Waals surface area contributed by atoms with Gasteiger partial charge in [-0.1, -0.05) is 19.1 Å². The molecule has 0 fully saturated rings. The summed E-state index contributed by atoms with van der Waals surface area (Å²) in [6, 6.07) is 6.34. The second-order valence-electron chi connectivity index (χ2n) is 5.83. The molecule has 1 heterocycles. The Balaban J connectivity index is 0.00000264. The van der Waals surface area contributed by atoms with Crippen molar-refractivity contribution in [2.75, 3.05) is 18.4 Å². The molecule has 2 rings (SSSR count). The summed E-state index contributed by atoms with van der Waals surface area (Å²) in [6.45, 7) is 5.69. The molecule has 0 aromatic heterocycles. The van der Waals surface area contributed by atoms with Gasteiger partial charge in [0.05, 0.1) is 6.42 Å². The third kappa shape index (κ3) is 6.20. The fraction of sp³-hybridized carbons (Fsp3) is 0.529. The molecule has 0 aliphatic carbocycles. The number of hydrogen-bond acceptors (Lipinski definition) is 3. The lowest BCUT2D eigenvalue weighted by molar-refractivity contribution is -0.121. The molecule has 6 heteroatoms. The fourth-order valence-electron chi connectivity index (χ4n) is 2.67. The van der Waals surface area contributed by atoms with Gasteiger partial charge in [0.15, 0.2) is 0 Å². The Morgan fingerprint density at radius 2 is 2.17 bits per heavy atom. The highest BCUT2D eigenvalue weighted by molar-refractivity contribution is 5.99. The van der Waals surface area contributed by atoms with Crippen molar-refractivity contribution in [3.8, 4) is 0 Å². The van der Waals surface area contributed by atoms with E-state index in [4.69, 9.17) is 0 Å². The van der Waals surface area contributed by atoms with Gasteiger partial charge in [-0.15, -0.1) is 12.4 Å². The minimum absolute atomic E-state index is 0. The number of fused-ring (bicyclic) bond motifs is 1. The minimum Gasteiger partial charge on any atom is -0.355 e. The van der Waals surface area contributed by atoms with Crippen molar-refractivity contribution < 1.29 is 9.59 Å². The second kappa shape index (κ2) is 9.53. The smallest absolute Gasteiger partial charge is 0.228 e. The van der Waals surface area contributed by atoms with Gasteiger partial charge in [0.1, 0.15) is 0 Å². The number of aryl methyl sites for hydroxylation is 1. The van der Waals surface area contributed by atoms with Crippen LogP contribution in [0.4, 0.5) is 5.69 Å². The summed E-state index contributed by atoms with van der Waals surface area (Å²) >= 11 is 0. The van der Waals surface area contributed by atoms with Crippen molar-refractivity contribution >= 4 is 29.9 Å². The molecule has 1 aromatic rings. The first-order valence-electron chi connectivity index (χ1n) is 8.00. The van der Waals surface area contributed by atoms with Crippen molar-refractivity contribution in [1.82, 2.24) is 10.6 Å². The molecule has 0 saturated carbocycles. The largest absolute Gasteiger partial charge is 0.355 e. The van der Waals surface area contributed by atoms with Crippen LogP contribution < -0.4 is 16.0 Å². The molecule has 128 valence electrons. The molecule has 0 saturated heterocycles. The summed E-state index contributed by atoms with van der Waals surface area (Å²) in [5.41, 5.74) is 3.17. The Hall–Kier alpha value is -1.59. The molecule has 2 amide bonds. The summed E-state index contributed by atoms with van der Waals surface area (Å²) in [5, 5.41) is 9.03. The number of benzene rings is 1. The van der Waals surface area contributed by atoms with Gasteiger partial charge in [0, 0.05) is 24.7 Å². The van der Waals surface area contributed by atoms with Crippen LogP contribution in [-0.4, -0.2) is 30.9 Å². The van der Waals surface area contributed by atoms with Gasteiger partial charge in [-0.3, -0.25) is 9.59 Å². The van der Waals surface area contributed by atoms with Gasteiger partial charge in [-0.2, -0.15) is 0 Å². The molecule has 0 unspecified atom stereocenters. The molecule has 0 bridgehead atoms. The maximum Gasteiger partial charge on any atom is 0.228 e. The maximum absolute atomic E-state index is 11.8. The van der Waals surface area contributed by atoms with Crippen LogP contribution in [0, 0.1) is 0 Å². The Kier molecular flexibility index (Phi) is 8.06. The van der Waals surface area contributed by atoms with Crippen molar-refractivity contribution in [2.24, 2.45) is 0 Å². The van der Waals surface area contributed by atoms with Gasteiger partial charge in [-0.25, -0.2) is 0 Å². The molecular weight excluding hydrogens is 314 g/mol. The van der Waals surface area contributed by atoms with Gasteiger partial charge in [0.2, 0.25) is 11.8 Å². The summed E-state index contributed by atoms with van der Waals surface area (Å²) < 4.78 is 0. The lowest BCUT2D eigenvalue weighted by Crippen LogP contribution is -2.38. The van der Waals surface area contributed by atoms with E-state index >= 15 is 0 Å². The fourth-order valence-corrected chi connectivity index (χ4v) is 2.67. The molecular formula is C17H26ClN3O2. The Morgan fingerprint density at radius 3 is 2.91 bits per heavy atom. The maximum atomic E-state index is 11.8. The van der Waals surface area contributed by atoms with E-state index in [0.717, 1.165) is 30.6 Å². The molecule has 5 nitrogen and oxygen atoms in total. The first-order chi connectivity index (χ1) is 10.6.